The van der Waals surface area contributed by atoms with Crippen molar-refractivity contribution in [2.75, 3.05) is 0 Å². The summed E-state index contributed by atoms with van der Waals surface area (Å²) in [6, 6.07) is 0.846. The molecule has 1 aromatic rings. The maximum Gasteiger partial charge on any atom is 0.286 e. The van der Waals surface area contributed by atoms with Crippen LogP contribution in [0.15, 0.2) is 17.1 Å². The molecule has 24 heavy (non-hydrogen) atoms. The van der Waals surface area contributed by atoms with E-state index in [1.54, 1.807) is 0 Å². The Labute approximate surface area is 138 Å². The lowest BCUT2D eigenvalue weighted by molar-refractivity contribution is -0.385. The molecule has 0 aromatic carbocycles. The number of carbonyl (C=O) groups is 2. The first-order valence-corrected chi connectivity index (χ1v) is 7.77. The van der Waals surface area contributed by atoms with E-state index in [1.807, 2.05) is 0 Å². The van der Waals surface area contributed by atoms with Crippen molar-refractivity contribution >= 4 is 17.5 Å². The van der Waals surface area contributed by atoms with Crippen molar-refractivity contribution in [3.63, 3.8) is 0 Å². The molecular formula is C15H20N4O5. The number of hydrogen-bond acceptors (Lipinski definition) is 5. The van der Waals surface area contributed by atoms with Gasteiger partial charge in [-0.2, -0.15) is 0 Å². The van der Waals surface area contributed by atoms with E-state index in [1.165, 1.54) is 0 Å². The first kappa shape index (κ1) is 17.6. The topological polar surface area (TPSA) is 137 Å². The molecule has 0 unspecified atom stereocenters. The third-order valence-corrected chi connectivity index (χ3v) is 4.32. The zero-order valence-electron chi connectivity index (χ0n) is 13.4. The Morgan fingerprint density at radius 2 is 2.08 bits per heavy atom. The zero-order valence-corrected chi connectivity index (χ0v) is 13.4. The molecule has 0 aliphatic heterocycles. The van der Waals surface area contributed by atoms with Crippen LogP contribution in [0.5, 0.6) is 0 Å². The number of rotatable bonds is 5. The Kier molecular flexibility index (Phi) is 5.32. The third kappa shape index (κ3) is 3.98. The number of nitrogens with two attached hydrogens (primary N) is 1. The summed E-state index contributed by atoms with van der Waals surface area (Å²) in [5.74, 6) is -1.16. The van der Waals surface area contributed by atoms with Gasteiger partial charge in [0.1, 0.15) is 12.1 Å². The van der Waals surface area contributed by atoms with E-state index < -0.39 is 40.1 Å². The lowest BCUT2D eigenvalue weighted by atomic mass is 9.86. The van der Waals surface area contributed by atoms with E-state index in [-0.39, 0.29) is 6.04 Å². The molecule has 9 nitrogen and oxygen atoms in total. The van der Waals surface area contributed by atoms with Gasteiger partial charge in [-0.25, -0.2) is 0 Å². The Bertz CT molecular complexity index is 727. The van der Waals surface area contributed by atoms with E-state index in [0.717, 1.165) is 42.5 Å². The summed E-state index contributed by atoms with van der Waals surface area (Å²) in [6.45, 7) is 1.65. The minimum atomic E-state index is -1.07. The zero-order chi connectivity index (χ0) is 17.9. The van der Waals surface area contributed by atoms with Crippen LogP contribution < -0.4 is 16.6 Å². The number of nitrogens with one attached hydrogen (secondary N) is 1. The van der Waals surface area contributed by atoms with Crippen molar-refractivity contribution in [2.24, 2.45) is 11.7 Å². The minimum absolute atomic E-state index is 0.0243. The lowest BCUT2D eigenvalue weighted by Crippen LogP contribution is -2.44. The molecule has 1 fully saturated rings. The van der Waals surface area contributed by atoms with Crippen molar-refractivity contribution < 1.29 is 14.5 Å². The molecule has 1 aliphatic carbocycles. The van der Waals surface area contributed by atoms with Crippen LogP contribution in [0.25, 0.3) is 0 Å². The summed E-state index contributed by atoms with van der Waals surface area (Å²) in [5, 5.41) is 13.8. The van der Waals surface area contributed by atoms with Gasteiger partial charge in [-0.1, -0.05) is 19.8 Å². The fourth-order valence-electron chi connectivity index (χ4n) is 2.95. The summed E-state index contributed by atoms with van der Waals surface area (Å²) >= 11 is 0. The SMILES string of the molecule is C[C@@H]1CCCC[C@H]1NC(=O)Cn1cc([N+](=O)[O-])cc(C(N)=O)c1=O. The van der Waals surface area contributed by atoms with Gasteiger partial charge < -0.3 is 11.1 Å². The molecule has 130 valence electrons. The van der Waals surface area contributed by atoms with Crippen LogP contribution in [-0.2, 0) is 11.3 Å². The van der Waals surface area contributed by atoms with Crippen LogP contribution in [0.1, 0.15) is 43.0 Å². The van der Waals surface area contributed by atoms with E-state index in [9.17, 15) is 24.5 Å². The standard InChI is InChI=1S/C15H20N4O5/c1-9-4-2-3-5-12(9)17-13(20)8-18-7-10(19(23)24)6-11(14(16)21)15(18)22/h6-7,9,12H,2-5,8H2,1H3,(H2,16,21)(H,17,20)/t9-,12-/m1/s1. The van der Waals surface area contributed by atoms with Crippen LogP contribution in [0.2, 0.25) is 0 Å². The fourth-order valence-corrected chi connectivity index (χ4v) is 2.95. The van der Waals surface area contributed by atoms with Gasteiger partial charge in [-0.15, -0.1) is 0 Å². The number of pyridine rings is 1. The highest BCUT2D eigenvalue weighted by Crippen LogP contribution is 2.23. The molecule has 2 atom stereocenters. The first-order valence-electron chi connectivity index (χ1n) is 7.77. The quantitative estimate of drug-likeness (QED) is 0.597. The second kappa shape index (κ2) is 7.24. The van der Waals surface area contributed by atoms with Gasteiger partial charge in [-0.05, 0) is 18.8 Å². The molecule has 9 heteroatoms. The van der Waals surface area contributed by atoms with Gasteiger partial charge in [0.15, 0.2) is 0 Å². The van der Waals surface area contributed by atoms with Crippen molar-refractivity contribution in [2.45, 2.75) is 45.2 Å². The number of amides is 2. The molecule has 0 spiro atoms. The maximum atomic E-state index is 12.2. The third-order valence-electron chi connectivity index (χ3n) is 4.32. The lowest BCUT2D eigenvalue weighted by Gasteiger charge is -2.29. The minimum Gasteiger partial charge on any atom is -0.365 e. The summed E-state index contributed by atoms with van der Waals surface area (Å²) in [6.07, 6.45) is 4.98. The molecule has 0 saturated heterocycles. The smallest absolute Gasteiger partial charge is 0.286 e. The molecule has 3 N–H and O–H groups in total. The summed E-state index contributed by atoms with van der Waals surface area (Å²) in [5.41, 5.74) is 3.27. The number of nitro groups is 1. The molecule has 0 radical (unpaired) electrons. The molecule has 0 bridgehead atoms. The molecule has 1 saturated carbocycles. The predicted octanol–water partition coefficient (Wildman–Crippen LogP) is 0.550. The van der Waals surface area contributed by atoms with Crippen LogP contribution >= 0.6 is 0 Å². The Balaban J connectivity index is 2.21. The van der Waals surface area contributed by atoms with Gasteiger partial charge in [-0.3, -0.25) is 29.1 Å². The van der Waals surface area contributed by atoms with Gasteiger partial charge in [0.05, 0.1) is 11.1 Å². The molecule has 1 aliphatic rings. The number of carbonyl (C=O) groups excluding carboxylic acids is 2. The average molecular weight is 336 g/mol. The van der Waals surface area contributed by atoms with E-state index in [0.29, 0.717) is 5.92 Å². The highest BCUT2D eigenvalue weighted by molar-refractivity contribution is 5.93. The highest BCUT2D eigenvalue weighted by Gasteiger charge is 2.24. The first-order chi connectivity index (χ1) is 11.3. The fraction of sp³-hybridized carbons (Fsp3) is 0.533. The summed E-state index contributed by atoms with van der Waals surface area (Å²) < 4.78 is 0.848. The van der Waals surface area contributed by atoms with Crippen molar-refractivity contribution in [1.82, 2.24) is 9.88 Å². The van der Waals surface area contributed by atoms with E-state index >= 15 is 0 Å². The number of aromatic nitrogens is 1. The van der Waals surface area contributed by atoms with Crippen LogP contribution in [0.3, 0.4) is 0 Å². The molecule has 1 heterocycles. The predicted molar refractivity (Wildman–Crippen MR) is 85.4 cm³/mol. The Morgan fingerprint density at radius 3 is 2.67 bits per heavy atom. The number of hydrogen-bond donors (Lipinski definition) is 2. The van der Waals surface area contributed by atoms with Crippen molar-refractivity contribution in [3.8, 4) is 0 Å². The molecule has 2 rings (SSSR count). The largest absolute Gasteiger partial charge is 0.365 e. The Morgan fingerprint density at radius 1 is 1.42 bits per heavy atom. The van der Waals surface area contributed by atoms with Gasteiger partial charge >= 0.3 is 0 Å². The maximum absolute atomic E-state index is 12.2. The normalized spacial score (nSPS) is 20.4. The second-order valence-electron chi connectivity index (χ2n) is 6.10. The average Bonchev–Trinajstić information content (AvgIpc) is 2.51. The van der Waals surface area contributed by atoms with E-state index in [4.69, 9.17) is 5.73 Å². The van der Waals surface area contributed by atoms with Crippen LogP contribution in [0, 0.1) is 16.0 Å². The second-order valence-corrected chi connectivity index (χ2v) is 6.10. The monoisotopic (exact) mass is 336 g/mol. The van der Waals surface area contributed by atoms with Gasteiger partial charge in [0, 0.05) is 12.1 Å². The van der Waals surface area contributed by atoms with Gasteiger partial charge in [0.25, 0.3) is 17.2 Å². The molecular weight excluding hydrogens is 316 g/mol. The highest BCUT2D eigenvalue weighted by atomic mass is 16.6. The Hall–Kier alpha value is -2.71. The van der Waals surface area contributed by atoms with Crippen LogP contribution in [-0.4, -0.2) is 27.3 Å². The summed E-state index contributed by atoms with van der Waals surface area (Å²) in [7, 11) is 0. The number of primary amides is 1. The van der Waals surface area contributed by atoms with Crippen molar-refractivity contribution in [1.29, 1.82) is 0 Å². The number of nitrogens with zero attached hydrogens (tertiary/aromatic N) is 2. The van der Waals surface area contributed by atoms with Crippen molar-refractivity contribution in [3.05, 3.63) is 38.3 Å². The van der Waals surface area contributed by atoms with E-state index in [2.05, 4.69) is 12.2 Å². The van der Waals surface area contributed by atoms with Crippen LogP contribution in [0.4, 0.5) is 5.69 Å². The summed E-state index contributed by atoms with van der Waals surface area (Å²) in [4.78, 5) is 45.8. The molecule has 2 amide bonds. The van der Waals surface area contributed by atoms with Gasteiger partial charge in [0.2, 0.25) is 5.91 Å². The molecule has 1 aromatic heterocycles.